The summed E-state index contributed by atoms with van der Waals surface area (Å²) in [6.45, 7) is 3.88. The molecule has 1 aliphatic carbocycles. The monoisotopic (exact) mass is 371 g/mol. The van der Waals surface area contributed by atoms with Crippen molar-refractivity contribution in [2.75, 3.05) is 31.1 Å². The van der Waals surface area contributed by atoms with Crippen molar-refractivity contribution in [3.05, 3.63) is 45.5 Å². The molecule has 27 heavy (non-hydrogen) atoms. The molecule has 9 heteroatoms. The second kappa shape index (κ2) is 7.59. The summed E-state index contributed by atoms with van der Waals surface area (Å²) in [4.78, 5) is 37.3. The smallest absolute Gasteiger partial charge is 0.338 e. The van der Waals surface area contributed by atoms with Gasteiger partial charge in [0.25, 0.3) is 5.56 Å². The van der Waals surface area contributed by atoms with E-state index in [1.54, 1.807) is 12.4 Å². The van der Waals surface area contributed by atoms with Gasteiger partial charge >= 0.3 is 5.69 Å². The lowest BCUT2D eigenvalue weighted by molar-refractivity contribution is 0.125. The second-order valence-corrected chi connectivity index (χ2v) is 7.30. The molecule has 2 aliphatic rings. The van der Waals surface area contributed by atoms with Crippen LogP contribution in [-0.4, -0.2) is 61.4 Å². The summed E-state index contributed by atoms with van der Waals surface area (Å²) < 4.78 is 2.62. The Bertz CT molecular complexity index is 879. The Morgan fingerprint density at radius 3 is 2.22 bits per heavy atom. The van der Waals surface area contributed by atoms with Crippen molar-refractivity contribution in [3.63, 3.8) is 0 Å². The maximum atomic E-state index is 12.3. The highest BCUT2D eigenvalue weighted by atomic mass is 16.2. The van der Waals surface area contributed by atoms with Crippen molar-refractivity contribution in [3.8, 4) is 0 Å². The van der Waals surface area contributed by atoms with E-state index < -0.39 is 0 Å². The van der Waals surface area contributed by atoms with E-state index in [4.69, 9.17) is 0 Å². The Morgan fingerprint density at radius 2 is 1.56 bits per heavy atom. The van der Waals surface area contributed by atoms with E-state index >= 15 is 0 Å². The molecule has 0 radical (unpaired) electrons. The summed E-state index contributed by atoms with van der Waals surface area (Å²) in [5, 5.41) is 4.08. The van der Waals surface area contributed by atoms with E-state index in [1.807, 2.05) is 6.07 Å². The van der Waals surface area contributed by atoms with E-state index in [2.05, 4.69) is 24.9 Å². The molecule has 1 saturated carbocycles. The van der Waals surface area contributed by atoms with Crippen molar-refractivity contribution in [1.82, 2.24) is 29.2 Å². The summed E-state index contributed by atoms with van der Waals surface area (Å²) in [5.74, 6) is 0.806. The van der Waals surface area contributed by atoms with Crippen molar-refractivity contribution >= 4 is 5.95 Å². The van der Waals surface area contributed by atoms with Crippen LogP contribution in [0.25, 0.3) is 0 Å². The second-order valence-electron chi connectivity index (χ2n) is 7.30. The first-order valence-electron chi connectivity index (χ1n) is 9.54. The quantitative estimate of drug-likeness (QED) is 0.752. The zero-order chi connectivity index (χ0) is 18.8. The fourth-order valence-corrected chi connectivity index (χ4v) is 4.16. The van der Waals surface area contributed by atoms with Crippen molar-refractivity contribution in [1.29, 1.82) is 0 Å². The highest BCUT2D eigenvalue weighted by Crippen LogP contribution is 2.30. The summed E-state index contributed by atoms with van der Waals surface area (Å²) in [6, 6.07) is 2.46. The maximum absolute atomic E-state index is 12.3. The maximum Gasteiger partial charge on any atom is 0.347 e. The molecule has 3 heterocycles. The van der Waals surface area contributed by atoms with Crippen LogP contribution in [0.3, 0.4) is 0 Å². The fourth-order valence-electron chi connectivity index (χ4n) is 4.16. The average molecular weight is 371 g/mol. The fraction of sp³-hybridized carbons (Fsp3) is 0.611. The molecular formula is C18H25N7O2. The molecular weight excluding hydrogens is 346 g/mol. The third-order valence-corrected chi connectivity index (χ3v) is 5.78. The molecule has 0 amide bonds. The third kappa shape index (κ3) is 3.64. The van der Waals surface area contributed by atoms with Gasteiger partial charge in [0.05, 0.1) is 6.04 Å². The van der Waals surface area contributed by atoms with Crippen LogP contribution in [0, 0.1) is 0 Å². The largest absolute Gasteiger partial charge is 0.347 e. The first-order valence-corrected chi connectivity index (χ1v) is 9.54. The van der Waals surface area contributed by atoms with Gasteiger partial charge in [-0.3, -0.25) is 14.3 Å². The molecule has 0 N–H and O–H groups in total. The lowest BCUT2D eigenvalue weighted by Crippen LogP contribution is -2.52. The summed E-state index contributed by atoms with van der Waals surface area (Å²) in [7, 11) is 1.50. The van der Waals surface area contributed by atoms with Crippen LogP contribution in [0.5, 0.6) is 0 Å². The topological polar surface area (TPSA) is 89.2 Å². The van der Waals surface area contributed by atoms with Gasteiger partial charge in [0.15, 0.2) is 0 Å². The van der Waals surface area contributed by atoms with Gasteiger partial charge in [-0.2, -0.15) is 5.10 Å². The standard InChI is InChI=1S/C18H25N7O2/c1-22-16(26)13-21-25(18(22)27)15-5-3-14(4-6-15)23-9-11-24(12-10-23)17-19-7-2-8-20-17/h2,7-8,13-15H,3-6,9-12H2,1H3/t14-,15-. The van der Waals surface area contributed by atoms with Crippen LogP contribution in [0.2, 0.25) is 0 Å². The van der Waals surface area contributed by atoms with Gasteiger partial charge in [-0.15, -0.1) is 0 Å². The Balaban J connectivity index is 1.33. The predicted molar refractivity (Wildman–Crippen MR) is 101 cm³/mol. The van der Waals surface area contributed by atoms with Gasteiger partial charge in [0, 0.05) is 51.7 Å². The first kappa shape index (κ1) is 17.8. The molecule has 1 saturated heterocycles. The van der Waals surface area contributed by atoms with Crippen molar-refractivity contribution in [2.24, 2.45) is 7.05 Å². The summed E-state index contributed by atoms with van der Waals surface area (Å²) >= 11 is 0. The number of hydrogen-bond donors (Lipinski definition) is 0. The number of nitrogens with zero attached hydrogens (tertiary/aromatic N) is 7. The Labute approximate surface area is 157 Å². The van der Waals surface area contributed by atoms with Crippen LogP contribution < -0.4 is 16.1 Å². The molecule has 0 spiro atoms. The van der Waals surface area contributed by atoms with Gasteiger partial charge < -0.3 is 4.90 Å². The molecule has 1 aliphatic heterocycles. The van der Waals surface area contributed by atoms with Crippen LogP contribution in [0.4, 0.5) is 5.95 Å². The molecule has 9 nitrogen and oxygen atoms in total. The van der Waals surface area contributed by atoms with Crippen LogP contribution >= 0.6 is 0 Å². The highest BCUT2D eigenvalue weighted by Gasteiger charge is 2.30. The molecule has 2 aromatic heterocycles. The number of rotatable bonds is 3. The van der Waals surface area contributed by atoms with E-state index in [0.717, 1.165) is 62.4 Å². The minimum Gasteiger partial charge on any atom is -0.338 e. The Kier molecular flexibility index (Phi) is 5.02. The minimum atomic E-state index is -0.356. The van der Waals surface area contributed by atoms with E-state index in [0.29, 0.717) is 6.04 Å². The first-order chi connectivity index (χ1) is 13.1. The van der Waals surface area contributed by atoms with Gasteiger partial charge in [0.1, 0.15) is 6.20 Å². The Morgan fingerprint density at radius 1 is 0.926 bits per heavy atom. The highest BCUT2D eigenvalue weighted by molar-refractivity contribution is 5.29. The molecule has 2 fully saturated rings. The van der Waals surface area contributed by atoms with Gasteiger partial charge in [-0.25, -0.2) is 19.4 Å². The van der Waals surface area contributed by atoms with Gasteiger partial charge in [0.2, 0.25) is 5.95 Å². The summed E-state index contributed by atoms with van der Waals surface area (Å²) in [6.07, 6.45) is 8.72. The van der Waals surface area contributed by atoms with Crippen LogP contribution in [0.15, 0.2) is 34.2 Å². The molecule has 4 rings (SSSR count). The van der Waals surface area contributed by atoms with Crippen LogP contribution in [-0.2, 0) is 7.05 Å². The Hall–Kier alpha value is -2.55. The zero-order valence-corrected chi connectivity index (χ0v) is 15.6. The van der Waals surface area contributed by atoms with Crippen molar-refractivity contribution < 1.29 is 0 Å². The van der Waals surface area contributed by atoms with Crippen LogP contribution in [0.1, 0.15) is 31.7 Å². The molecule has 2 aromatic rings. The SMILES string of the molecule is Cn1c(=O)cnn([C@H]2CC[C@H](N3CCN(c4ncccn4)CC3)CC2)c1=O. The predicted octanol–water partition coefficient (Wildman–Crippen LogP) is 0.0379. The molecule has 0 bridgehead atoms. The number of piperazine rings is 1. The lowest BCUT2D eigenvalue weighted by atomic mass is 9.90. The molecule has 0 aromatic carbocycles. The van der Waals surface area contributed by atoms with E-state index in [1.165, 1.54) is 17.9 Å². The van der Waals surface area contributed by atoms with Crippen molar-refractivity contribution in [2.45, 2.75) is 37.8 Å². The number of aromatic nitrogens is 5. The van der Waals surface area contributed by atoms with E-state index in [-0.39, 0.29) is 17.3 Å². The third-order valence-electron chi connectivity index (χ3n) is 5.78. The molecule has 144 valence electrons. The molecule has 0 atom stereocenters. The number of hydrogen-bond acceptors (Lipinski definition) is 7. The van der Waals surface area contributed by atoms with Gasteiger partial charge in [-0.05, 0) is 31.7 Å². The average Bonchev–Trinajstić information content (AvgIpc) is 2.73. The van der Waals surface area contributed by atoms with Gasteiger partial charge in [-0.1, -0.05) is 0 Å². The zero-order valence-electron chi connectivity index (χ0n) is 15.6. The number of anilines is 1. The van der Waals surface area contributed by atoms with E-state index in [9.17, 15) is 9.59 Å². The normalized spacial score (nSPS) is 24.1. The molecule has 0 unspecified atom stereocenters. The summed E-state index contributed by atoms with van der Waals surface area (Å²) in [5.41, 5.74) is -0.673. The lowest BCUT2D eigenvalue weighted by Gasteiger charge is -2.41. The minimum absolute atomic E-state index is 0.0829.